The van der Waals surface area contributed by atoms with Gasteiger partial charge in [0.25, 0.3) is 5.91 Å². The molecule has 4 heteroatoms. The molecule has 76 valence electrons. The highest BCUT2D eigenvalue weighted by molar-refractivity contribution is 5.98. The van der Waals surface area contributed by atoms with Crippen LogP contribution in [0.4, 0.5) is 0 Å². The molecule has 0 fully saturated rings. The Kier molecular flexibility index (Phi) is 2.62. The first-order chi connectivity index (χ1) is 7.31. The van der Waals surface area contributed by atoms with Gasteiger partial charge >= 0.3 is 0 Å². The lowest BCUT2D eigenvalue weighted by molar-refractivity contribution is 0.0731. The molecule has 0 spiro atoms. The van der Waals surface area contributed by atoms with Crippen LogP contribution in [0.2, 0.25) is 0 Å². The minimum Gasteiger partial charge on any atom is -0.297 e. The van der Waals surface area contributed by atoms with Gasteiger partial charge in [-0.25, -0.2) is 0 Å². The van der Waals surface area contributed by atoms with E-state index in [2.05, 4.69) is 5.43 Å². The molecule has 0 aromatic heterocycles. The second-order valence-electron chi connectivity index (χ2n) is 3.13. The molecule has 0 saturated carbocycles. The Morgan fingerprint density at radius 2 is 1.80 bits per heavy atom. The summed E-state index contributed by atoms with van der Waals surface area (Å²) in [4.78, 5) is 11.4. The van der Waals surface area contributed by atoms with Crippen LogP contribution in [0, 0.1) is 0 Å². The first-order valence-electron chi connectivity index (χ1n) is 4.49. The summed E-state index contributed by atoms with van der Waals surface area (Å²) in [6.07, 6.45) is 0. The van der Waals surface area contributed by atoms with Crippen molar-refractivity contribution in [2.75, 3.05) is 0 Å². The van der Waals surface area contributed by atoms with Crippen LogP contribution in [0.3, 0.4) is 0 Å². The number of carbonyl (C=O) groups excluding carboxylic acids is 1. The van der Waals surface area contributed by atoms with Gasteiger partial charge in [0, 0.05) is 5.56 Å². The predicted octanol–water partition coefficient (Wildman–Crippen LogP) is 1.46. The van der Waals surface area contributed by atoms with Gasteiger partial charge in [-0.2, -0.15) is 0 Å². The third kappa shape index (κ3) is 1.96. The minimum atomic E-state index is -0.372. The van der Waals surface area contributed by atoms with Gasteiger partial charge in [-0.1, -0.05) is 30.3 Å². The van der Waals surface area contributed by atoms with Gasteiger partial charge in [0.2, 0.25) is 0 Å². The van der Waals surface area contributed by atoms with Crippen molar-refractivity contribution < 1.29 is 10.0 Å². The maximum absolute atomic E-state index is 11.4. The molecule has 0 saturated heterocycles. The zero-order valence-electron chi connectivity index (χ0n) is 7.90. The first kappa shape index (κ1) is 9.64. The molecule has 0 aliphatic rings. The smallest absolute Gasteiger partial charge is 0.267 e. The van der Waals surface area contributed by atoms with Crippen molar-refractivity contribution in [1.82, 2.24) is 11.0 Å². The van der Waals surface area contributed by atoms with Crippen molar-refractivity contribution in [2.24, 2.45) is 0 Å². The average molecular weight is 202 g/mol. The molecule has 4 nitrogen and oxygen atoms in total. The quantitative estimate of drug-likeness (QED) is 0.646. The maximum atomic E-state index is 11.4. The Morgan fingerprint density at radius 1 is 1.07 bits per heavy atom. The lowest BCUT2D eigenvalue weighted by Crippen LogP contribution is -2.34. The number of amides is 1. The standard InChI is InChI=1S/C11H10N2O2/c14-11(12-13-15)10-6-5-8-3-1-2-4-9(8)7-10/h1-7,13,15H,(H,12,14). The van der Waals surface area contributed by atoms with Gasteiger partial charge in [0.1, 0.15) is 0 Å². The summed E-state index contributed by atoms with van der Waals surface area (Å²) < 4.78 is 0. The Labute approximate surface area is 86.5 Å². The summed E-state index contributed by atoms with van der Waals surface area (Å²) in [6.45, 7) is 0. The van der Waals surface area contributed by atoms with Crippen molar-refractivity contribution in [3.8, 4) is 0 Å². The van der Waals surface area contributed by atoms with Crippen LogP contribution in [-0.2, 0) is 0 Å². The van der Waals surface area contributed by atoms with Gasteiger partial charge in [0.05, 0.1) is 0 Å². The van der Waals surface area contributed by atoms with E-state index in [9.17, 15) is 4.79 Å². The van der Waals surface area contributed by atoms with E-state index in [1.165, 1.54) is 0 Å². The number of hydrogen-bond donors (Lipinski definition) is 3. The number of hydrazine groups is 1. The van der Waals surface area contributed by atoms with Gasteiger partial charge in [0.15, 0.2) is 0 Å². The fourth-order valence-corrected chi connectivity index (χ4v) is 1.45. The molecule has 0 unspecified atom stereocenters. The molecular weight excluding hydrogens is 192 g/mol. The zero-order chi connectivity index (χ0) is 10.7. The van der Waals surface area contributed by atoms with Crippen LogP contribution in [0.5, 0.6) is 0 Å². The Balaban J connectivity index is 2.42. The van der Waals surface area contributed by atoms with Gasteiger partial charge < -0.3 is 0 Å². The molecule has 2 aromatic carbocycles. The third-order valence-corrected chi connectivity index (χ3v) is 2.18. The maximum Gasteiger partial charge on any atom is 0.267 e. The third-order valence-electron chi connectivity index (χ3n) is 2.18. The summed E-state index contributed by atoms with van der Waals surface area (Å²) in [5.74, 6) is -0.372. The fourth-order valence-electron chi connectivity index (χ4n) is 1.45. The molecule has 0 atom stereocenters. The van der Waals surface area contributed by atoms with Crippen LogP contribution < -0.4 is 11.0 Å². The van der Waals surface area contributed by atoms with E-state index in [4.69, 9.17) is 5.21 Å². The van der Waals surface area contributed by atoms with Crippen molar-refractivity contribution in [2.45, 2.75) is 0 Å². The Bertz CT molecular complexity index is 497. The highest BCUT2D eigenvalue weighted by Gasteiger charge is 2.04. The van der Waals surface area contributed by atoms with Gasteiger partial charge in [-0.3, -0.25) is 15.4 Å². The zero-order valence-corrected chi connectivity index (χ0v) is 7.90. The van der Waals surface area contributed by atoms with Gasteiger partial charge in [-0.05, 0) is 22.9 Å². The van der Waals surface area contributed by atoms with E-state index in [1.807, 2.05) is 30.3 Å². The van der Waals surface area contributed by atoms with Crippen LogP contribution in [0.25, 0.3) is 10.8 Å². The monoisotopic (exact) mass is 202 g/mol. The number of carbonyl (C=O) groups is 1. The van der Waals surface area contributed by atoms with Crippen molar-refractivity contribution in [3.05, 3.63) is 48.0 Å². The Hall–Kier alpha value is -1.91. The predicted molar refractivity (Wildman–Crippen MR) is 56.3 cm³/mol. The lowest BCUT2D eigenvalue weighted by Gasteiger charge is -2.03. The number of rotatable bonds is 2. The number of hydrogen-bond acceptors (Lipinski definition) is 3. The second kappa shape index (κ2) is 4.08. The van der Waals surface area contributed by atoms with E-state index in [0.717, 1.165) is 10.8 Å². The SMILES string of the molecule is O=C(NNO)c1ccc2ccccc2c1. The number of nitrogens with one attached hydrogen (secondary N) is 2. The molecule has 0 bridgehead atoms. The Morgan fingerprint density at radius 3 is 2.53 bits per heavy atom. The van der Waals surface area contributed by atoms with E-state index in [0.29, 0.717) is 5.56 Å². The van der Waals surface area contributed by atoms with Crippen LogP contribution in [0.15, 0.2) is 42.5 Å². The molecule has 0 aliphatic heterocycles. The molecule has 2 rings (SSSR count). The molecule has 0 aliphatic carbocycles. The summed E-state index contributed by atoms with van der Waals surface area (Å²) >= 11 is 0. The van der Waals surface area contributed by atoms with Crippen LogP contribution in [-0.4, -0.2) is 11.1 Å². The second-order valence-corrected chi connectivity index (χ2v) is 3.13. The van der Waals surface area contributed by atoms with Crippen molar-refractivity contribution in [1.29, 1.82) is 0 Å². The normalized spacial score (nSPS) is 10.2. The van der Waals surface area contributed by atoms with E-state index >= 15 is 0 Å². The lowest BCUT2D eigenvalue weighted by atomic mass is 10.1. The number of benzene rings is 2. The van der Waals surface area contributed by atoms with Crippen molar-refractivity contribution in [3.63, 3.8) is 0 Å². The molecule has 3 N–H and O–H groups in total. The molecular formula is C11H10N2O2. The van der Waals surface area contributed by atoms with E-state index < -0.39 is 0 Å². The number of fused-ring (bicyclic) bond motifs is 1. The fraction of sp³-hybridized carbons (Fsp3) is 0. The molecule has 0 heterocycles. The van der Waals surface area contributed by atoms with Crippen LogP contribution >= 0.6 is 0 Å². The molecule has 0 radical (unpaired) electrons. The topological polar surface area (TPSA) is 61.4 Å². The summed E-state index contributed by atoms with van der Waals surface area (Å²) in [5, 5.41) is 10.4. The van der Waals surface area contributed by atoms with Gasteiger partial charge in [-0.15, -0.1) is 5.59 Å². The minimum absolute atomic E-state index is 0.372. The summed E-state index contributed by atoms with van der Waals surface area (Å²) in [5.41, 5.74) is 4.20. The molecule has 1 amide bonds. The highest BCUT2D eigenvalue weighted by Crippen LogP contribution is 2.15. The average Bonchev–Trinajstić information content (AvgIpc) is 2.29. The largest absolute Gasteiger partial charge is 0.297 e. The summed E-state index contributed by atoms with van der Waals surface area (Å²) in [6, 6.07) is 13.1. The molecule has 2 aromatic rings. The van der Waals surface area contributed by atoms with Crippen LogP contribution in [0.1, 0.15) is 10.4 Å². The van der Waals surface area contributed by atoms with E-state index in [1.54, 1.807) is 17.7 Å². The first-order valence-corrected chi connectivity index (χ1v) is 4.49. The van der Waals surface area contributed by atoms with Crippen molar-refractivity contribution >= 4 is 16.7 Å². The molecule has 15 heavy (non-hydrogen) atoms. The highest BCUT2D eigenvalue weighted by atomic mass is 16.5. The summed E-state index contributed by atoms with van der Waals surface area (Å²) in [7, 11) is 0. The van der Waals surface area contributed by atoms with E-state index in [-0.39, 0.29) is 5.91 Å².